The number of likely N-dealkylation sites (tertiary alicyclic amines) is 1. The van der Waals surface area contributed by atoms with Crippen LogP contribution in [0.4, 0.5) is 0 Å². The first kappa shape index (κ1) is 23.0. The lowest BCUT2D eigenvalue weighted by atomic mass is 10.1. The van der Waals surface area contributed by atoms with Crippen molar-refractivity contribution in [2.24, 2.45) is 4.99 Å². The van der Waals surface area contributed by atoms with Crippen molar-refractivity contribution in [3.8, 4) is 11.5 Å². The van der Waals surface area contributed by atoms with Gasteiger partial charge in [0, 0.05) is 26.2 Å². The van der Waals surface area contributed by atoms with Crippen LogP contribution in [0.15, 0.2) is 29.3 Å². The van der Waals surface area contributed by atoms with Crippen molar-refractivity contribution in [2.75, 3.05) is 45.9 Å². The van der Waals surface area contributed by atoms with Crippen molar-refractivity contribution in [3.63, 3.8) is 0 Å². The Balaban J connectivity index is 0.00000280. The summed E-state index contributed by atoms with van der Waals surface area (Å²) in [7, 11) is 0. The molecule has 0 amide bonds. The summed E-state index contributed by atoms with van der Waals surface area (Å²) in [4.78, 5) is 7.07. The molecule has 3 rings (SSSR count). The minimum absolute atomic E-state index is 0. The summed E-state index contributed by atoms with van der Waals surface area (Å²) in [6, 6.07) is 7.74. The monoisotopic (exact) mass is 504 g/mol. The van der Waals surface area contributed by atoms with Gasteiger partial charge in [-0.2, -0.15) is 0 Å². The molecule has 8 heteroatoms. The number of aliphatic imine (C=N–C) groups is 1. The number of ether oxygens (including phenoxy) is 2. The maximum absolute atomic E-state index is 9.57. The molecule has 1 fully saturated rings. The normalized spacial score (nSPS) is 20.4. The van der Waals surface area contributed by atoms with Crippen LogP contribution < -0.4 is 20.1 Å². The predicted molar refractivity (Wildman–Crippen MR) is 122 cm³/mol. The number of aliphatic hydroxyl groups excluding tert-OH is 1. The molecule has 1 aromatic carbocycles. The van der Waals surface area contributed by atoms with Crippen LogP contribution in [-0.2, 0) is 0 Å². The van der Waals surface area contributed by atoms with Gasteiger partial charge in [-0.25, -0.2) is 4.99 Å². The van der Waals surface area contributed by atoms with Crippen LogP contribution in [0.25, 0.3) is 0 Å². The molecule has 0 aliphatic carbocycles. The molecule has 0 aromatic heterocycles. The highest BCUT2D eigenvalue weighted by molar-refractivity contribution is 14.0. The molecule has 28 heavy (non-hydrogen) atoms. The highest BCUT2D eigenvalue weighted by Crippen LogP contribution is 2.30. The Hall–Kier alpha value is -1.26. The number of rotatable bonds is 7. The fourth-order valence-electron chi connectivity index (χ4n) is 3.34. The molecule has 2 heterocycles. The van der Waals surface area contributed by atoms with E-state index in [1.165, 1.54) is 0 Å². The van der Waals surface area contributed by atoms with Crippen molar-refractivity contribution in [1.82, 2.24) is 15.5 Å². The first-order valence-corrected chi connectivity index (χ1v) is 10.1. The molecular weight excluding hydrogens is 471 g/mol. The second kappa shape index (κ2) is 12.3. The van der Waals surface area contributed by atoms with Gasteiger partial charge in [0.25, 0.3) is 0 Å². The minimum Gasteiger partial charge on any atom is -0.486 e. The number of hydrogen-bond acceptors (Lipinski definition) is 5. The first-order chi connectivity index (χ1) is 13.2. The third-order valence-electron chi connectivity index (χ3n) is 4.87. The largest absolute Gasteiger partial charge is 0.486 e. The van der Waals surface area contributed by atoms with Gasteiger partial charge in [-0.05, 0) is 44.9 Å². The van der Waals surface area contributed by atoms with E-state index in [4.69, 9.17) is 9.47 Å². The fraction of sp³-hybridized carbons (Fsp3) is 0.650. The van der Waals surface area contributed by atoms with Crippen LogP contribution in [0.1, 0.15) is 26.2 Å². The standard InChI is InChI=1S/C20H32N4O3.HI/c1-2-21-20(22-10-5-11-24-12-8-16(25)9-13-24)23-14-17-15-26-18-6-3-4-7-19(18)27-17;/h3-4,6-7,16-17,25H,2,5,8-15H2,1H3,(H2,21,22,23);1H. The van der Waals surface area contributed by atoms with Crippen LogP contribution >= 0.6 is 24.0 Å². The van der Waals surface area contributed by atoms with E-state index >= 15 is 0 Å². The van der Waals surface area contributed by atoms with Gasteiger partial charge >= 0.3 is 0 Å². The Kier molecular flexibility index (Phi) is 10.1. The van der Waals surface area contributed by atoms with E-state index in [0.717, 1.165) is 69.4 Å². The van der Waals surface area contributed by atoms with Crippen LogP contribution in [0.2, 0.25) is 0 Å². The lowest BCUT2D eigenvalue weighted by molar-refractivity contribution is 0.0822. The molecule has 1 atom stereocenters. The van der Waals surface area contributed by atoms with Gasteiger partial charge in [0.15, 0.2) is 23.6 Å². The quantitative estimate of drug-likeness (QED) is 0.228. The van der Waals surface area contributed by atoms with Crippen molar-refractivity contribution in [1.29, 1.82) is 0 Å². The van der Waals surface area contributed by atoms with E-state index in [1.807, 2.05) is 24.3 Å². The number of guanidine groups is 1. The van der Waals surface area contributed by atoms with E-state index in [-0.39, 0.29) is 36.2 Å². The number of halogens is 1. The van der Waals surface area contributed by atoms with Gasteiger partial charge in [-0.3, -0.25) is 0 Å². The first-order valence-electron chi connectivity index (χ1n) is 10.1. The lowest BCUT2D eigenvalue weighted by Crippen LogP contribution is -2.41. The van der Waals surface area contributed by atoms with Crippen molar-refractivity contribution in [2.45, 2.75) is 38.4 Å². The van der Waals surface area contributed by atoms with Crippen LogP contribution in [-0.4, -0.2) is 74.0 Å². The van der Waals surface area contributed by atoms with E-state index in [1.54, 1.807) is 0 Å². The third kappa shape index (κ3) is 7.29. The summed E-state index contributed by atoms with van der Waals surface area (Å²) in [6.45, 7) is 7.86. The highest BCUT2D eigenvalue weighted by Gasteiger charge is 2.20. The average Bonchev–Trinajstić information content (AvgIpc) is 2.70. The number of piperidine rings is 1. The SMILES string of the molecule is CCNC(=NCC1COc2ccccc2O1)NCCCN1CCC(O)CC1.I. The summed E-state index contributed by atoms with van der Waals surface area (Å²) < 4.78 is 11.7. The molecule has 2 aliphatic heterocycles. The predicted octanol–water partition coefficient (Wildman–Crippen LogP) is 1.85. The van der Waals surface area contributed by atoms with Crippen LogP contribution in [0.3, 0.4) is 0 Å². The second-order valence-electron chi connectivity index (χ2n) is 7.07. The smallest absolute Gasteiger partial charge is 0.191 e. The molecule has 0 saturated carbocycles. The summed E-state index contributed by atoms with van der Waals surface area (Å²) in [6.07, 6.45) is 2.66. The Morgan fingerprint density at radius 2 is 1.96 bits per heavy atom. The molecule has 0 radical (unpaired) electrons. The third-order valence-corrected chi connectivity index (χ3v) is 4.87. The molecule has 0 spiro atoms. The van der Waals surface area contributed by atoms with E-state index < -0.39 is 0 Å². The van der Waals surface area contributed by atoms with Gasteiger partial charge in [0.2, 0.25) is 0 Å². The Morgan fingerprint density at radius 3 is 2.71 bits per heavy atom. The van der Waals surface area contributed by atoms with Crippen molar-refractivity contribution >= 4 is 29.9 Å². The van der Waals surface area contributed by atoms with Gasteiger partial charge in [0.05, 0.1) is 12.6 Å². The second-order valence-corrected chi connectivity index (χ2v) is 7.07. The van der Waals surface area contributed by atoms with E-state index in [2.05, 4.69) is 27.4 Å². The van der Waals surface area contributed by atoms with E-state index in [0.29, 0.717) is 13.2 Å². The van der Waals surface area contributed by atoms with Gasteiger partial charge in [-0.15, -0.1) is 24.0 Å². The van der Waals surface area contributed by atoms with Gasteiger partial charge < -0.3 is 30.1 Å². The molecule has 2 aliphatic rings. The highest BCUT2D eigenvalue weighted by atomic mass is 127. The number of benzene rings is 1. The topological polar surface area (TPSA) is 78.4 Å². The molecular formula is C20H33IN4O3. The fourth-order valence-corrected chi connectivity index (χ4v) is 3.34. The van der Waals surface area contributed by atoms with Crippen molar-refractivity contribution in [3.05, 3.63) is 24.3 Å². The minimum atomic E-state index is -0.107. The average molecular weight is 504 g/mol. The van der Waals surface area contributed by atoms with E-state index in [9.17, 15) is 5.11 Å². The Labute approximate surface area is 184 Å². The number of aliphatic hydroxyl groups is 1. The summed E-state index contributed by atoms with van der Waals surface area (Å²) in [5.41, 5.74) is 0. The van der Waals surface area contributed by atoms with Gasteiger partial charge in [-0.1, -0.05) is 12.1 Å². The number of para-hydroxylation sites is 2. The van der Waals surface area contributed by atoms with Crippen LogP contribution in [0.5, 0.6) is 11.5 Å². The maximum atomic E-state index is 9.57. The summed E-state index contributed by atoms with van der Waals surface area (Å²) in [5.74, 6) is 2.40. The zero-order valence-corrected chi connectivity index (χ0v) is 18.9. The molecule has 1 aromatic rings. The summed E-state index contributed by atoms with van der Waals surface area (Å²) >= 11 is 0. The van der Waals surface area contributed by atoms with Crippen LogP contribution in [0, 0.1) is 0 Å². The van der Waals surface area contributed by atoms with Crippen molar-refractivity contribution < 1.29 is 14.6 Å². The molecule has 158 valence electrons. The molecule has 7 nitrogen and oxygen atoms in total. The summed E-state index contributed by atoms with van der Waals surface area (Å²) in [5, 5.41) is 16.2. The molecule has 1 unspecified atom stereocenters. The maximum Gasteiger partial charge on any atom is 0.191 e. The zero-order valence-electron chi connectivity index (χ0n) is 16.6. The Morgan fingerprint density at radius 1 is 1.21 bits per heavy atom. The molecule has 1 saturated heterocycles. The molecule has 0 bridgehead atoms. The number of hydrogen-bond donors (Lipinski definition) is 3. The lowest BCUT2D eigenvalue weighted by Gasteiger charge is -2.29. The van der Waals surface area contributed by atoms with Gasteiger partial charge in [0.1, 0.15) is 6.61 Å². The number of fused-ring (bicyclic) bond motifs is 1. The molecule has 3 N–H and O–H groups in total. The zero-order chi connectivity index (χ0) is 18.9. The number of nitrogens with one attached hydrogen (secondary N) is 2. The Bertz CT molecular complexity index is 609. The number of nitrogens with zero attached hydrogens (tertiary/aromatic N) is 2.